The molecule has 6 heteroatoms. The van der Waals surface area contributed by atoms with Gasteiger partial charge in [0.1, 0.15) is 5.82 Å². The van der Waals surface area contributed by atoms with Crippen LogP contribution in [0.5, 0.6) is 11.5 Å². The van der Waals surface area contributed by atoms with E-state index in [1.165, 1.54) is 0 Å². The van der Waals surface area contributed by atoms with Crippen molar-refractivity contribution in [2.75, 3.05) is 14.2 Å². The summed E-state index contributed by atoms with van der Waals surface area (Å²) in [7, 11) is 3.17. The number of halogens is 2. The summed E-state index contributed by atoms with van der Waals surface area (Å²) in [6, 6.07) is 8.98. The molecule has 0 amide bonds. The van der Waals surface area contributed by atoms with Gasteiger partial charge in [0.25, 0.3) is 0 Å². The number of benzene rings is 2. The predicted molar refractivity (Wildman–Crippen MR) is 84.7 cm³/mol. The second kappa shape index (κ2) is 5.47. The SMILES string of the molecule is COc1cc2nc(-c3c(Cl)cccc3Cl)[nH]c2cc1OC. The lowest BCUT2D eigenvalue weighted by Gasteiger charge is -2.06. The minimum atomic E-state index is 0.542. The molecule has 3 rings (SSSR count). The Morgan fingerprint density at radius 2 is 1.62 bits per heavy atom. The van der Waals surface area contributed by atoms with Crippen LogP contribution in [0.4, 0.5) is 0 Å². The fourth-order valence-electron chi connectivity index (χ4n) is 2.18. The molecule has 21 heavy (non-hydrogen) atoms. The lowest BCUT2D eigenvalue weighted by atomic mass is 10.2. The van der Waals surface area contributed by atoms with Crippen molar-refractivity contribution in [1.82, 2.24) is 9.97 Å². The van der Waals surface area contributed by atoms with Crippen LogP contribution >= 0.6 is 23.2 Å². The summed E-state index contributed by atoms with van der Waals surface area (Å²) >= 11 is 12.4. The van der Waals surface area contributed by atoms with Crippen molar-refractivity contribution in [3.63, 3.8) is 0 Å². The second-order valence-corrected chi connectivity index (χ2v) is 5.22. The van der Waals surface area contributed by atoms with Crippen molar-refractivity contribution in [2.45, 2.75) is 0 Å². The summed E-state index contributed by atoms with van der Waals surface area (Å²) in [5.41, 5.74) is 2.24. The van der Waals surface area contributed by atoms with Gasteiger partial charge in [0.15, 0.2) is 11.5 Å². The molecule has 108 valence electrons. The van der Waals surface area contributed by atoms with Crippen molar-refractivity contribution in [3.05, 3.63) is 40.4 Å². The van der Waals surface area contributed by atoms with Gasteiger partial charge in [-0.25, -0.2) is 4.98 Å². The Morgan fingerprint density at radius 3 is 2.24 bits per heavy atom. The van der Waals surface area contributed by atoms with Crippen molar-refractivity contribution in [1.29, 1.82) is 0 Å². The maximum atomic E-state index is 6.21. The lowest BCUT2D eigenvalue weighted by molar-refractivity contribution is 0.356. The van der Waals surface area contributed by atoms with E-state index < -0.39 is 0 Å². The van der Waals surface area contributed by atoms with Crippen LogP contribution in [-0.4, -0.2) is 24.2 Å². The maximum absolute atomic E-state index is 6.21. The number of H-pyrrole nitrogens is 1. The first-order valence-corrected chi connectivity index (χ1v) is 6.95. The number of aromatic amines is 1. The van der Waals surface area contributed by atoms with Gasteiger partial charge in [-0.2, -0.15) is 0 Å². The van der Waals surface area contributed by atoms with E-state index in [0.717, 1.165) is 11.0 Å². The second-order valence-electron chi connectivity index (χ2n) is 4.41. The number of imidazole rings is 1. The summed E-state index contributed by atoms with van der Waals surface area (Å²) in [6.45, 7) is 0. The number of ether oxygens (including phenoxy) is 2. The highest BCUT2D eigenvalue weighted by Crippen LogP contribution is 2.36. The van der Waals surface area contributed by atoms with Gasteiger partial charge in [-0.3, -0.25) is 0 Å². The Labute approximate surface area is 131 Å². The van der Waals surface area contributed by atoms with Gasteiger partial charge in [0.05, 0.1) is 40.9 Å². The molecule has 0 atom stereocenters. The molecule has 0 fully saturated rings. The van der Waals surface area contributed by atoms with Crippen molar-refractivity contribution < 1.29 is 9.47 Å². The van der Waals surface area contributed by atoms with Gasteiger partial charge in [-0.05, 0) is 12.1 Å². The largest absolute Gasteiger partial charge is 0.493 e. The smallest absolute Gasteiger partial charge is 0.163 e. The fraction of sp³-hybridized carbons (Fsp3) is 0.133. The Morgan fingerprint density at radius 1 is 1.00 bits per heavy atom. The monoisotopic (exact) mass is 322 g/mol. The average molecular weight is 323 g/mol. The van der Waals surface area contributed by atoms with E-state index in [9.17, 15) is 0 Å². The standard InChI is InChI=1S/C15H12Cl2N2O2/c1-20-12-6-10-11(7-13(12)21-2)19-15(18-10)14-8(16)4-3-5-9(14)17/h3-7H,1-2H3,(H,18,19). The summed E-state index contributed by atoms with van der Waals surface area (Å²) in [4.78, 5) is 7.73. The number of aromatic nitrogens is 2. The molecule has 0 saturated carbocycles. The quantitative estimate of drug-likeness (QED) is 0.769. The van der Waals surface area contributed by atoms with Crippen molar-refractivity contribution >= 4 is 34.2 Å². The van der Waals surface area contributed by atoms with Gasteiger partial charge in [0, 0.05) is 12.1 Å². The molecular formula is C15H12Cl2N2O2. The van der Waals surface area contributed by atoms with E-state index in [2.05, 4.69) is 9.97 Å². The molecule has 0 spiro atoms. The molecule has 0 aliphatic carbocycles. The van der Waals surface area contributed by atoms with Crippen LogP contribution in [0.2, 0.25) is 10.0 Å². The summed E-state index contributed by atoms with van der Waals surface area (Å²) in [5.74, 6) is 1.86. The third-order valence-electron chi connectivity index (χ3n) is 3.19. The molecule has 1 aromatic heterocycles. The Hall–Kier alpha value is -1.91. The highest BCUT2D eigenvalue weighted by Gasteiger charge is 2.15. The Balaban J connectivity index is 2.22. The number of hydrogen-bond acceptors (Lipinski definition) is 3. The van der Waals surface area contributed by atoms with E-state index in [1.54, 1.807) is 38.5 Å². The first-order chi connectivity index (χ1) is 10.1. The van der Waals surface area contributed by atoms with Crippen molar-refractivity contribution in [2.24, 2.45) is 0 Å². The molecule has 0 unspecified atom stereocenters. The Kier molecular flexibility index (Phi) is 3.66. The Bertz CT molecular complexity index is 754. The maximum Gasteiger partial charge on any atom is 0.163 e. The highest BCUT2D eigenvalue weighted by atomic mass is 35.5. The molecule has 1 heterocycles. The van der Waals surface area contributed by atoms with E-state index in [0.29, 0.717) is 32.9 Å². The number of nitrogens with one attached hydrogen (secondary N) is 1. The van der Waals surface area contributed by atoms with Crippen LogP contribution in [0, 0.1) is 0 Å². The van der Waals surface area contributed by atoms with Gasteiger partial charge in [-0.1, -0.05) is 29.3 Å². The van der Waals surface area contributed by atoms with E-state index in [4.69, 9.17) is 32.7 Å². The van der Waals surface area contributed by atoms with E-state index in [-0.39, 0.29) is 0 Å². The average Bonchev–Trinajstić information content (AvgIpc) is 2.87. The highest BCUT2D eigenvalue weighted by molar-refractivity contribution is 6.39. The number of fused-ring (bicyclic) bond motifs is 1. The number of rotatable bonds is 3. The summed E-state index contributed by atoms with van der Waals surface area (Å²) in [5, 5.41) is 1.08. The molecule has 3 aromatic rings. The first-order valence-electron chi connectivity index (χ1n) is 6.20. The van der Waals surface area contributed by atoms with Crippen LogP contribution < -0.4 is 9.47 Å². The topological polar surface area (TPSA) is 47.1 Å². The molecule has 0 aliphatic rings. The predicted octanol–water partition coefficient (Wildman–Crippen LogP) is 4.55. The number of nitrogens with zero attached hydrogens (tertiary/aromatic N) is 1. The van der Waals surface area contributed by atoms with Crippen molar-refractivity contribution in [3.8, 4) is 22.9 Å². The van der Waals surface area contributed by atoms with Crippen LogP contribution in [0.3, 0.4) is 0 Å². The van der Waals surface area contributed by atoms with Crippen LogP contribution in [0.25, 0.3) is 22.4 Å². The molecule has 4 nitrogen and oxygen atoms in total. The molecule has 1 N–H and O–H groups in total. The number of hydrogen-bond donors (Lipinski definition) is 1. The third kappa shape index (κ3) is 2.41. The molecular weight excluding hydrogens is 311 g/mol. The van der Waals surface area contributed by atoms with Gasteiger partial charge >= 0.3 is 0 Å². The zero-order chi connectivity index (χ0) is 15.0. The van der Waals surface area contributed by atoms with Crippen LogP contribution in [-0.2, 0) is 0 Å². The third-order valence-corrected chi connectivity index (χ3v) is 3.82. The van der Waals surface area contributed by atoms with Gasteiger partial charge in [0.2, 0.25) is 0 Å². The van der Waals surface area contributed by atoms with Gasteiger partial charge < -0.3 is 14.5 Å². The van der Waals surface area contributed by atoms with E-state index in [1.807, 2.05) is 6.07 Å². The minimum absolute atomic E-state index is 0.542. The minimum Gasteiger partial charge on any atom is -0.493 e. The number of methoxy groups -OCH3 is 2. The van der Waals surface area contributed by atoms with E-state index >= 15 is 0 Å². The fourth-order valence-corrected chi connectivity index (χ4v) is 2.76. The normalized spacial score (nSPS) is 10.9. The zero-order valence-electron chi connectivity index (χ0n) is 11.4. The summed E-state index contributed by atoms with van der Waals surface area (Å²) in [6.07, 6.45) is 0. The van der Waals surface area contributed by atoms with Gasteiger partial charge in [-0.15, -0.1) is 0 Å². The first kappa shape index (κ1) is 14.0. The lowest BCUT2D eigenvalue weighted by Crippen LogP contribution is -1.89. The zero-order valence-corrected chi connectivity index (χ0v) is 12.9. The molecule has 2 aromatic carbocycles. The van der Waals surface area contributed by atoms with Crippen LogP contribution in [0.1, 0.15) is 0 Å². The summed E-state index contributed by atoms with van der Waals surface area (Å²) < 4.78 is 10.6. The van der Waals surface area contributed by atoms with Crippen LogP contribution in [0.15, 0.2) is 30.3 Å². The molecule has 0 radical (unpaired) electrons. The molecule has 0 saturated heterocycles. The molecule has 0 aliphatic heterocycles. The molecule has 0 bridgehead atoms.